The van der Waals surface area contributed by atoms with Gasteiger partial charge in [0.25, 0.3) is 17.9 Å². The molecule has 7 aromatic rings. The second-order valence-corrected chi connectivity index (χ2v) is 17.8. The zero-order valence-corrected chi connectivity index (χ0v) is 34.8. The zero-order valence-electron chi connectivity index (χ0n) is 33.2. The Labute approximate surface area is 363 Å². The summed E-state index contributed by atoms with van der Waals surface area (Å²) in [6.45, 7) is -2.52. The van der Waals surface area contributed by atoms with Gasteiger partial charge in [0.1, 0.15) is 41.9 Å². The number of fused-ring (bicyclic) bond motifs is 5. The molecule has 0 bridgehead atoms. The summed E-state index contributed by atoms with van der Waals surface area (Å²) in [5.41, 5.74) is -3.62. The third kappa shape index (κ3) is 8.03. The predicted octanol–water partition coefficient (Wildman–Crippen LogP) is 6.84. The Morgan fingerprint density at radius 3 is 2.45 bits per heavy atom. The van der Waals surface area contributed by atoms with E-state index in [1.807, 2.05) is 0 Å². The number of nitrogens with zero attached hydrogens (tertiary/aromatic N) is 9. The number of benzene rings is 2. The molecule has 0 unspecified atom stereocenters. The second-order valence-electron chi connectivity index (χ2n) is 15.6. The van der Waals surface area contributed by atoms with Crippen LogP contribution in [0.2, 0.25) is 5.02 Å². The lowest BCUT2D eigenvalue weighted by Gasteiger charge is -2.24. The van der Waals surface area contributed by atoms with Gasteiger partial charge in [0.15, 0.2) is 11.5 Å². The molecule has 0 radical (unpaired) electrons. The summed E-state index contributed by atoms with van der Waals surface area (Å²) < 4.78 is 158. The SMILES string of the molecule is Cn1nc(NS(C)(=O)=O)c2c(Cl)ccc(-n3c([C@H](Cc4cc(F)cc(F)c4)NC(=O)Cn4nc(C(F)F)c5c4C(F)(F)[C@@H]4C[C@H]54)nc4nc(-c5cnn(CC(F)(F)F)c5)ccc4c3=O)c21. The van der Waals surface area contributed by atoms with Crippen molar-refractivity contribution in [3.05, 3.63) is 110 Å². The highest BCUT2D eigenvalue weighted by molar-refractivity contribution is 7.92. The molecule has 5 heterocycles. The van der Waals surface area contributed by atoms with Crippen LogP contribution in [0.1, 0.15) is 53.1 Å². The number of halogens is 10. The van der Waals surface area contributed by atoms with Gasteiger partial charge in [-0.15, -0.1) is 0 Å². The fraction of sp³-hybridized carbons (Fsp3) is 0.308. The molecule has 1 saturated carbocycles. The quantitative estimate of drug-likeness (QED) is 0.124. The molecule has 340 valence electrons. The van der Waals surface area contributed by atoms with Crippen LogP contribution in [0.15, 0.2) is 59.7 Å². The molecule has 2 aliphatic rings. The summed E-state index contributed by atoms with van der Waals surface area (Å²) in [6, 6.07) is 5.82. The highest BCUT2D eigenvalue weighted by Gasteiger charge is 2.67. The van der Waals surface area contributed by atoms with Crippen molar-refractivity contribution in [1.82, 2.24) is 49.2 Å². The van der Waals surface area contributed by atoms with Gasteiger partial charge in [0.2, 0.25) is 15.9 Å². The lowest BCUT2D eigenvalue weighted by Crippen LogP contribution is -2.38. The van der Waals surface area contributed by atoms with Crippen molar-refractivity contribution < 1.29 is 52.7 Å². The van der Waals surface area contributed by atoms with E-state index in [0.29, 0.717) is 15.4 Å². The van der Waals surface area contributed by atoms with E-state index in [1.54, 1.807) is 0 Å². The van der Waals surface area contributed by atoms with Gasteiger partial charge >= 0.3 is 6.18 Å². The van der Waals surface area contributed by atoms with Crippen LogP contribution in [0.4, 0.5) is 45.3 Å². The lowest BCUT2D eigenvalue weighted by atomic mass is 10.0. The van der Waals surface area contributed by atoms with Crippen molar-refractivity contribution in [2.24, 2.45) is 13.0 Å². The van der Waals surface area contributed by atoms with Crippen LogP contribution in [-0.2, 0) is 47.3 Å². The fourth-order valence-electron chi connectivity index (χ4n) is 8.39. The van der Waals surface area contributed by atoms with Gasteiger partial charge < -0.3 is 5.32 Å². The normalized spacial score (nSPS) is 17.2. The number of alkyl halides is 7. The first kappa shape index (κ1) is 43.7. The first-order valence-electron chi connectivity index (χ1n) is 19.2. The molecule has 65 heavy (non-hydrogen) atoms. The van der Waals surface area contributed by atoms with E-state index in [-0.39, 0.29) is 67.3 Å². The van der Waals surface area contributed by atoms with Crippen molar-refractivity contribution in [2.75, 3.05) is 11.0 Å². The standard InChI is InChI=1S/C39H29ClF9N11O4S/c1-57-31-26(6-4-23(40)29(31)35(55-57)56-65(2,63)64)60-36(53-34-20(37(60)62)3-5-24(52-34)17-12-50-58(13-17)15-38(45,46)47)25(9-16-7-18(41)10-19(42)8-16)51-27(61)14-59-32-28(30(54-59)33(43)44)21-11-22(21)39(32,48)49/h3-8,10,12-13,21-22,25,33H,9,11,14-15H2,1-2H3,(H,51,61)(H,55,56)/t21-,22+,25-/m0/s1. The number of rotatable bonds is 12. The highest BCUT2D eigenvalue weighted by Crippen LogP contribution is 2.68. The van der Waals surface area contributed by atoms with Gasteiger partial charge in [-0.3, -0.25) is 32.9 Å². The molecule has 0 saturated heterocycles. The molecule has 1 amide bonds. The van der Waals surface area contributed by atoms with Crippen LogP contribution in [0.3, 0.4) is 0 Å². The van der Waals surface area contributed by atoms with Gasteiger partial charge in [-0.1, -0.05) is 11.6 Å². The van der Waals surface area contributed by atoms with Crippen LogP contribution < -0.4 is 15.6 Å². The maximum absolute atomic E-state index is 15.5. The van der Waals surface area contributed by atoms with Crippen LogP contribution >= 0.6 is 11.6 Å². The van der Waals surface area contributed by atoms with Crippen molar-refractivity contribution in [1.29, 1.82) is 0 Å². The summed E-state index contributed by atoms with van der Waals surface area (Å²) in [5.74, 6) is -9.75. The number of carbonyl (C=O) groups excluding carboxylic acids is 1. The second kappa shape index (κ2) is 15.3. The number of aromatic nitrogens is 9. The molecule has 1 fully saturated rings. The summed E-state index contributed by atoms with van der Waals surface area (Å²) in [4.78, 5) is 38.1. The Hall–Kier alpha value is -6.50. The molecule has 15 nitrogen and oxygen atoms in total. The molecule has 2 N–H and O–H groups in total. The first-order chi connectivity index (χ1) is 30.5. The minimum Gasteiger partial charge on any atom is -0.344 e. The Kier molecular flexibility index (Phi) is 10.3. The van der Waals surface area contributed by atoms with Crippen LogP contribution in [0.5, 0.6) is 0 Å². The Balaban J connectivity index is 1.25. The molecule has 3 atom stereocenters. The number of hydrogen-bond donors (Lipinski definition) is 2. The molecule has 9 rings (SSSR count). The summed E-state index contributed by atoms with van der Waals surface area (Å²) >= 11 is 6.58. The average Bonchev–Trinajstić information content (AvgIpc) is 3.40. The van der Waals surface area contributed by atoms with Crippen molar-refractivity contribution >= 4 is 55.3 Å². The van der Waals surface area contributed by atoms with E-state index in [1.165, 1.54) is 36.0 Å². The van der Waals surface area contributed by atoms with Gasteiger partial charge in [-0.05, 0) is 54.3 Å². The van der Waals surface area contributed by atoms with Crippen LogP contribution in [-0.4, -0.2) is 70.6 Å². The summed E-state index contributed by atoms with van der Waals surface area (Å²) in [5, 5.41) is 13.9. The monoisotopic (exact) mass is 953 g/mol. The Bertz CT molecular complexity index is 3280. The number of amides is 1. The molecule has 2 aliphatic carbocycles. The minimum absolute atomic E-state index is 0.00381. The van der Waals surface area contributed by atoms with Crippen LogP contribution in [0.25, 0.3) is 38.9 Å². The molecular weight excluding hydrogens is 925 g/mol. The van der Waals surface area contributed by atoms with Gasteiger partial charge in [-0.25, -0.2) is 35.9 Å². The topological polar surface area (TPSA) is 177 Å². The maximum Gasteiger partial charge on any atom is 0.408 e. The molecule has 5 aromatic heterocycles. The largest absolute Gasteiger partial charge is 0.408 e. The van der Waals surface area contributed by atoms with Crippen molar-refractivity contribution in [3.63, 3.8) is 0 Å². The number of hydrogen-bond acceptors (Lipinski definition) is 9. The molecule has 2 aromatic carbocycles. The average molecular weight is 954 g/mol. The van der Waals surface area contributed by atoms with E-state index in [0.717, 1.165) is 35.3 Å². The van der Waals surface area contributed by atoms with E-state index in [9.17, 15) is 48.7 Å². The minimum atomic E-state index is -4.63. The number of nitrogens with one attached hydrogen (secondary N) is 2. The van der Waals surface area contributed by atoms with E-state index in [4.69, 9.17) is 11.6 Å². The van der Waals surface area contributed by atoms with E-state index in [2.05, 4.69) is 35.3 Å². The number of carbonyl (C=O) groups is 1. The third-order valence-electron chi connectivity index (χ3n) is 10.9. The predicted molar refractivity (Wildman–Crippen MR) is 213 cm³/mol. The lowest BCUT2D eigenvalue weighted by molar-refractivity contribution is -0.142. The van der Waals surface area contributed by atoms with Crippen molar-refractivity contribution in [2.45, 2.75) is 56.4 Å². The Morgan fingerprint density at radius 2 is 1.77 bits per heavy atom. The maximum atomic E-state index is 15.5. The number of aryl methyl sites for hydroxylation is 1. The first-order valence-corrected chi connectivity index (χ1v) is 21.4. The summed E-state index contributed by atoms with van der Waals surface area (Å²) in [6.07, 6.45) is -5.56. The number of anilines is 1. The fourth-order valence-corrected chi connectivity index (χ4v) is 9.12. The Morgan fingerprint density at radius 1 is 1.05 bits per heavy atom. The molecule has 0 spiro atoms. The molecular formula is C39H29ClF9N11O4S. The van der Waals surface area contributed by atoms with Gasteiger partial charge in [0.05, 0.1) is 51.2 Å². The van der Waals surface area contributed by atoms with E-state index >= 15 is 8.78 Å². The summed E-state index contributed by atoms with van der Waals surface area (Å²) in [7, 11) is -2.60. The highest BCUT2D eigenvalue weighted by atomic mass is 35.5. The van der Waals surface area contributed by atoms with Gasteiger partial charge in [-0.2, -0.15) is 37.2 Å². The van der Waals surface area contributed by atoms with Crippen molar-refractivity contribution in [3.8, 4) is 16.9 Å². The van der Waals surface area contributed by atoms with Crippen LogP contribution in [0, 0.1) is 17.6 Å². The van der Waals surface area contributed by atoms with E-state index < -0.39 is 106 Å². The zero-order chi connectivity index (χ0) is 46.7. The number of pyridine rings is 1. The third-order valence-corrected chi connectivity index (χ3v) is 11.8. The van der Waals surface area contributed by atoms with Gasteiger partial charge in [0, 0.05) is 42.8 Å². The molecule has 26 heteroatoms. The molecule has 0 aliphatic heterocycles. The number of sulfonamides is 1. The smallest absolute Gasteiger partial charge is 0.344 e.